The van der Waals surface area contributed by atoms with E-state index in [2.05, 4.69) is 20.5 Å². The Balaban J connectivity index is 1.75. The Kier molecular flexibility index (Phi) is 4.06. The van der Waals surface area contributed by atoms with Crippen LogP contribution in [0.25, 0.3) is 10.9 Å². The molecular weight excluding hydrogens is 330 g/mol. The number of hydrogen-bond acceptors (Lipinski definition) is 2. The number of carbonyl (C=O) groups excluding carboxylic acids is 1. The average Bonchev–Trinajstić information content (AvgIpc) is 2.86. The largest absolute Gasteiger partial charge is 0.492 e. The van der Waals surface area contributed by atoms with Gasteiger partial charge in [0.15, 0.2) is 6.29 Å². The van der Waals surface area contributed by atoms with Crippen molar-refractivity contribution in [2.24, 2.45) is 0 Å². The lowest BCUT2D eigenvalue weighted by atomic mass is 10.2. The van der Waals surface area contributed by atoms with Crippen molar-refractivity contribution in [3.63, 3.8) is 0 Å². The monoisotopic (exact) mass is 343 g/mol. The van der Waals surface area contributed by atoms with Gasteiger partial charge in [-0.3, -0.25) is 4.79 Å². The van der Waals surface area contributed by atoms with Gasteiger partial charge in [0.05, 0.1) is 6.54 Å². The number of fused-ring (bicyclic) bond motifs is 1. The molecule has 0 aliphatic heterocycles. The van der Waals surface area contributed by atoms with Crippen LogP contribution in [0.15, 0.2) is 59.2 Å². The van der Waals surface area contributed by atoms with Crippen LogP contribution in [0, 0.1) is 0 Å². The van der Waals surface area contributed by atoms with Crippen LogP contribution in [-0.2, 0) is 6.54 Å². The Bertz CT molecular complexity index is 779. The van der Waals surface area contributed by atoms with Crippen molar-refractivity contribution in [1.82, 2.24) is 4.57 Å². The van der Waals surface area contributed by atoms with E-state index in [1.807, 2.05) is 54.7 Å². The highest BCUT2D eigenvalue weighted by molar-refractivity contribution is 9.10. The lowest BCUT2D eigenvalue weighted by Crippen LogP contribution is -2.07. The fourth-order valence-electron chi connectivity index (χ4n) is 2.37. The van der Waals surface area contributed by atoms with Gasteiger partial charge in [0.2, 0.25) is 0 Å². The van der Waals surface area contributed by atoms with E-state index >= 15 is 0 Å². The van der Waals surface area contributed by atoms with Gasteiger partial charge in [-0.25, -0.2) is 0 Å². The molecule has 3 aromatic rings. The lowest BCUT2D eigenvalue weighted by molar-refractivity contribution is 0.112. The van der Waals surface area contributed by atoms with E-state index in [9.17, 15) is 4.79 Å². The molecule has 0 radical (unpaired) electrons. The third kappa shape index (κ3) is 3.00. The molecule has 2 aromatic carbocycles. The first-order valence-electron chi connectivity index (χ1n) is 6.69. The Morgan fingerprint density at radius 2 is 2.00 bits per heavy atom. The number of aromatic nitrogens is 1. The van der Waals surface area contributed by atoms with Crippen molar-refractivity contribution in [3.8, 4) is 5.75 Å². The number of carbonyl (C=O) groups is 1. The van der Waals surface area contributed by atoms with Crippen molar-refractivity contribution in [2.75, 3.05) is 6.61 Å². The summed E-state index contributed by atoms with van der Waals surface area (Å²) in [5.74, 6) is 0.830. The van der Waals surface area contributed by atoms with Gasteiger partial charge in [0, 0.05) is 27.1 Å². The van der Waals surface area contributed by atoms with Crippen LogP contribution in [0.2, 0.25) is 0 Å². The third-order valence-corrected chi connectivity index (χ3v) is 3.84. The zero-order chi connectivity index (χ0) is 14.7. The van der Waals surface area contributed by atoms with E-state index in [4.69, 9.17) is 4.74 Å². The summed E-state index contributed by atoms with van der Waals surface area (Å²) in [5, 5.41) is 0.981. The Morgan fingerprint density at radius 3 is 2.81 bits per heavy atom. The van der Waals surface area contributed by atoms with Gasteiger partial charge >= 0.3 is 0 Å². The maximum Gasteiger partial charge on any atom is 0.152 e. The van der Waals surface area contributed by atoms with E-state index in [1.165, 1.54) is 0 Å². The number of nitrogens with zero attached hydrogens (tertiary/aromatic N) is 1. The fourth-order valence-corrected chi connectivity index (χ4v) is 2.75. The quantitative estimate of drug-likeness (QED) is 0.647. The van der Waals surface area contributed by atoms with Crippen LogP contribution in [0.4, 0.5) is 0 Å². The zero-order valence-corrected chi connectivity index (χ0v) is 12.9. The highest BCUT2D eigenvalue weighted by Crippen LogP contribution is 2.21. The summed E-state index contributed by atoms with van der Waals surface area (Å²) < 4.78 is 8.79. The van der Waals surface area contributed by atoms with Gasteiger partial charge in [-0.05, 0) is 24.3 Å². The molecule has 3 nitrogen and oxygen atoms in total. The molecule has 0 fully saturated rings. The van der Waals surface area contributed by atoms with E-state index < -0.39 is 0 Å². The van der Waals surface area contributed by atoms with Crippen molar-refractivity contribution in [2.45, 2.75) is 6.54 Å². The van der Waals surface area contributed by atoms with Gasteiger partial charge in [-0.2, -0.15) is 0 Å². The molecule has 0 saturated heterocycles. The molecule has 0 bridgehead atoms. The number of ether oxygens (including phenoxy) is 1. The van der Waals surface area contributed by atoms with Crippen LogP contribution < -0.4 is 4.74 Å². The average molecular weight is 344 g/mol. The fraction of sp³-hybridized carbons (Fsp3) is 0.118. The van der Waals surface area contributed by atoms with Gasteiger partial charge in [-0.1, -0.05) is 40.2 Å². The molecule has 0 spiro atoms. The SMILES string of the molecule is O=Cc1cn(CCOc2cccc(Br)c2)c2ccccc12. The van der Waals surface area contributed by atoms with Crippen LogP contribution >= 0.6 is 15.9 Å². The number of hydrogen-bond donors (Lipinski definition) is 0. The topological polar surface area (TPSA) is 31.2 Å². The van der Waals surface area contributed by atoms with E-state index in [0.29, 0.717) is 18.7 Å². The minimum absolute atomic E-state index is 0.549. The van der Waals surface area contributed by atoms with Crippen molar-refractivity contribution >= 4 is 33.1 Å². The standard InChI is InChI=1S/C17H14BrNO2/c18-14-4-3-5-15(10-14)21-9-8-19-11-13(12-20)16-6-1-2-7-17(16)19/h1-7,10-12H,8-9H2. The molecule has 21 heavy (non-hydrogen) atoms. The summed E-state index contributed by atoms with van der Waals surface area (Å²) in [7, 11) is 0. The first kappa shape index (κ1) is 13.9. The van der Waals surface area contributed by atoms with Gasteiger partial charge in [0.1, 0.15) is 12.4 Å². The predicted octanol–water partition coefficient (Wildman–Crippen LogP) is 4.30. The highest BCUT2D eigenvalue weighted by atomic mass is 79.9. The number of benzene rings is 2. The highest BCUT2D eigenvalue weighted by Gasteiger charge is 2.07. The van der Waals surface area contributed by atoms with E-state index in [-0.39, 0.29) is 0 Å². The van der Waals surface area contributed by atoms with Crippen LogP contribution in [0.3, 0.4) is 0 Å². The molecule has 0 N–H and O–H groups in total. The van der Waals surface area contributed by atoms with Gasteiger partial charge < -0.3 is 9.30 Å². The van der Waals surface area contributed by atoms with Crippen LogP contribution in [-0.4, -0.2) is 17.5 Å². The Hall–Kier alpha value is -2.07. The second-order valence-electron chi connectivity index (χ2n) is 4.72. The third-order valence-electron chi connectivity index (χ3n) is 3.34. The Labute approximate surface area is 131 Å². The molecule has 106 valence electrons. The smallest absolute Gasteiger partial charge is 0.152 e. The van der Waals surface area contributed by atoms with Gasteiger partial charge in [-0.15, -0.1) is 0 Å². The second kappa shape index (κ2) is 6.14. The number of halogens is 1. The Morgan fingerprint density at radius 1 is 1.14 bits per heavy atom. The van der Waals surface area contributed by atoms with Crippen molar-refractivity contribution < 1.29 is 9.53 Å². The van der Waals surface area contributed by atoms with Crippen molar-refractivity contribution in [3.05, 3.63) is 64.8 Å². The summed E-state index contributed by atoms with van der Waals surface area (Å²) in [5.41, 5.74) is 1.77. The van der Waals surface area contributed by atoms with Crippen molar-refractivity contribution in [1.29, 1.82) is 0 Å². The van der Waals surface area contributed by atoms with E-state index in [1.54, 1.807) is 0 Å². The molecule has 0 aliphatic carbocycles. The molecule has 1 aromatic heterocycles. The maximum atomic E-state index is 11.1. The molecule has 0 amide bonds. The van der Waals surface area contributed by atoms with Crippen LogP contribution in [0.1, 0.15) is 10.4 Å². The number of rotatable bonds is 5. The molecule has 0 saturated carbocycles. The minimum atomic E-state index is 0.549. The summed E-state index contributed by atoms with van der Waals surface area (Å²) in [6.45, 7) is 1.24. The summed E-state index contributed by atoms with van der Waals surface area (Å²) in [4.78, 5) is 11.1. The molecule has 0 atom stereocenters. The summed E-state index contributed by atoms with van der Waals surface area (Å²) in [6.07, 6.45) is 2.77. The van der Waals surface area contributed by atoms with Crippen LogP contribution in [0.5, 0.6) is 5.75 Å². The second-order valence-corrected chi connectivity index (χ2v) is 5.63. The first-order valence-corrected chi connectivity index (χ1v) is 7.48. The van der Waals surface area contributed by atoms with E-state index in [0.717, 1.165) is 27.4 Å². The number of para-hydroxylation sites is 1. The molecule has 0 unspecified atom stereocenters. The zero-order valence-electron chi connectivity index (χ0n) is 11.3. The molecule has 4 heteroatoms. The lowest BCUT2D eigenvalue weighted by Gasteiger charge is -2.08. The molecule has 0 aliphatic rings. The molecule has 3 rings (SSSR count). The molecular formula is C17H14BrNO2. The normalized spacial score (nSPS) is 10.7. The predicted molar refractivity (Wildman–Crippen MR) is 87.0 cm³/mol. The molecule has 1 heterocycles. The van der Waals surface area contributed by atoms with Gasteiger partial charge in [0.25, 0.3) is 0 Å². The minimum Gasteiger partial charge on any atom is -0.492 e. The summed E-state index contributed by atoms with van der Waals surface area (Å²) in [6, 6.07) is 15.7. The maximum absolute atomic E-state index is 11.1. The summed E-state index contributed by atoms with van der Waals surface area (Å²) >= 11 is 3.42. The number of aldehydes is 1. The first-order chi connectivity index (χ1) is 10.3.